The summed E-state index contributed by atoms with van der Waals surface area (Å²) in [5, 5.41) is 0. The fourth-order valence-corrected chi connectivity index (χ4v) is 2.59. The Kier molecular flexibility index (Phi) is 3.87. The number of primary amides is 1. The van der Waals surface area contributed by atoms with Crippen LogP contribution in [0, 0.1) is 12.8 Å². The summed E-state index contributed by atoms with van der Waals surface area (Å²) in [6.07, 6.45) is 3.57. The molecule has 4 heteroatoms. The first-order chi connectivity index (χ1) is 8.61. The van der Waals surface area contributed by atoms with Crippen molar-refractivity contribution in [1.29, 1.82) is 0 Å². The van der Waals surface area contributed by atoms with Gasteiger partial charge in [0, 0.05) is 11.5 Å². The Balaban J connectivity index is 2.10. The van der Waals surface area contributed by atoms with Crippen LogP contribution in [-0.2, 0) is 0 Å². The van der Waals surface area contributed by atoms with Gasteiger partial charge in [0.25, 0.3) is 0 Å². The van der Waals surface area contributed by atoms with Crippen LogP contribution in [0.2, 0.25) is 0 Å². The van der Waals surface area contributed by atoms with Crippen LogP contribution in [0.1, 0.15) is 35.2 Å². The van der Waals surface area contributed by atoms with Crippen LogP contribution >= 0.6 is 0 Å². The molecule has 2 unspecified atom stereocenters. The van der Waals surface area contributed by atoms with Gasteiger partial charge in [0.15, 0.2) is 0 Å². The summed E-state index contributed by atoms with van der Waals surface area (Å²) in [4.78, 5) is 11.1. The fourth-order valence-electron chi connectivity index (χ4n) is 2.59. The summed E-state index contributed by atoms with van der Waals surface area (Å²) in [6.45, 7) is 2.53. The summed E-state index contributed by atoms with van der Waals surface area (Å²) < 4.78 is 5.96. The minimum atomic E-state index is -0.403. The Morgan fingerprint density at radius 3 is 2.83 bits per heavy atom. The summed E-state index contributed by atoms with van der Waals surface area (Å²) in [5.74, 6) is 0.837. The van der Waals surface area contributed by atoms with Crippen molar-refractivity contribution in [1.82, 2.24) is 0 Å². The van der Waals surface area contributed by atoms with Gasteiger partial charge >= 0.3 is 0 Å². The third-order valence-corrected chi connectivity index (χ3v) is 3.64. The van der Waals surface area contributed by atoms with Crippen LogP contribution in [0.25, 0.3) is 0 Å². The van der Waals surface area contributed by atoms with Gasteiger partial charge in [0.1, 0.15) is 11.9 Å². The van der Waals surface area contributed by atoms with Crippen LogP contribution < -0.4 is 16.2 Å². The monoisotopic (exact) mass is 248 g/mol. The summed E-state index contributed by atoms with van der Waals surface area (Å²) in [6, 6.07) is 5.39. The van der Waals surface area contributed by atoms with E-state index in [1.165, 1.54) is 6.42 Å². The van der Waals surface area contributed by atoms with E-state index in [2.05, 4.69) is 0 Å². The molecule has 0 heterocycles. The third-order valence-electron chi connectivity index (χ3n) is 3.64. The Morgan fingerprint density at radius 1 is 1.44 bits per heavy atom. The number of hydrogen-bond acceptors (Lipinski definition) is 3. The smallest absolute Gasteiger partial charge is 0.248 e. The maximum Gasteiger partial charge on any atom is 0.248 e. The van der Waals surface area contributed by atoms with Crippen LogP contribution in [0.15, 0.2) is 18.2 Å². The molecule has 0 aliphatic heterocycles. The van der Waals surface area contributed by atoms with Crippen molar-refractivity contribution in [2.24, 2.45) is 17.4 Å². The van der Waals surface area contributed by atoms with Gasteiger partial charge in [0.2, 0.25) is 5.91 Å². The average Bonchev–Trinajstić information content (AvgIpc) is 2.76. The Morgan fingerprint density at radius 2 is 2.22 bits per heavy atom. The van der Waals surface area contributed by atoms with Gasteiger partial charge in [0.05, 0.1) is 0 Å². The van der Waals surface area contributed by atoms with Crippen LogP contribution in [0.4, 0.5) is 0 Å². The van der Waals surface area contributed by atoms with Gasteiger partial charge < -0.3 is 16.2 Å². The SMILES string of the molecule is Cc1cc(OC2CCCC2CN)ccc1C(N)=O. The Labute approximate surface area is 107 Å². The molecular formula is C14H20N2O2. The minimum Gasteiger partial charge on any atom is -0.490 e. The van der Waals surface area contributed by atoms with Crippen molar-refractivity contribution in [3.05, 3.63) is 29.3 Å². The zero-order chi connectivity index (χ0) is 13.1. The molecule has 4 N–H and O–H groups in total. The molecule has 0 bridgehead atoms. The quantitative estimate of drug-likeness (QED) is 0.849. The number of ether oxygens (including phenoxy) is 1. The van der Waals surface area contributed by atoms with Crippen LogP contribution in [-0.4, -0.2) is 18.6 Å². The Hall–Kier alpha value is -1.55. The molecule has 2 rings (SSSR count). The second-order valence-corrected chi connectivity index (χ2v) is 4.92. The average molecular weight is 248 g/mol. The molecule has 1 fully saturated rings. The highest BCUT2D eigenvalue weighted by atomic mass is 16.5. The number of amides is 1. The number of benzene rings is 1. The predicted octanol–water partition coefficient (Wildman–Crippen LogP) is 1.60. The fraction of sp³-hybridized carbons (Fsp3) is 0.500. The molecule has 1 saturated carbocycles. The van der Waals surface area contributed by atoms with Gasteiger partial charge in [-0.1, -0.05) is 0 Å². The van der Waals surface area contributed by atoms with E-state index in [1.54, 1.807) is 12.1 Å². The number of nitrogens with two attached hydrogens (primary N) is 2. The zero-order valence-electron chi connectivity index (χ0n) is 10.7. The first kappa shape index (κ1) is 12.9. The summed E-state index contributed by atoms with van der Waals surface area (Å²) >= 11 is 0. The molecule has 98 valence electrons. The van der Waals surface area contributed by atoms with Gasteiger partial charge in [-0.3, -0.25) is 4.79 Å². The molecule has 1 aliphatic rings. The summed E-state index contributed by atoms with van der Waals surface area (Å²) in [7, 11) is 0. The van der Waals surface area contributed by atoms with Crippen molar-refractivity contribution in [3.8, 4) is 5.75 Å². The van der Waals surface area contributed by atoms with Gasteiger partial charge in [-0.05, 0) is 56.5 Å². The van der Waals surface area contributed by atoms with E-state index < -0.39 is 5.91 Å². The lowest BCUT2D eigenvalue weighted by molar-refractivity contribution is 0.0999. The second kappa shape index (κ2) is 5.40. The minimum absolute atomic E-state index is 0.203. The van der Waals surface area contributed by atoms with E-state index in [0.717, 1.165) is 24.2 Å². The first-order valence-electron chi connectivity index (χ1n) is 6.39. The Bertz CT molecular complexity index is 445. The zero-order valence-corrected chi connectivity index (χ0v) is 10.7. The second-order valence-electron chi connectivity index (χ2n) is 4.92. The largest absolute Gasteiger partial charge is 0.490 e. The van der Waals surface area contributed by atoms with Crippen molar-refractivity contribution >= 4 is 5.91 Å². The summed E-state index contributed by atoms with van der Waals surface area (Å²) in [5.41, 5.74) is 12.4. The van der Waals surface area contributed by atoms with E-state index in [4.69, 9.17) is 16.2 Å². The van der Waals surface area contributed by atoms with Crippen molar-refractivity contribution in [3.63, 3.8) is 0 Å². The number of rotatable bonds is 4. The van der Waals surface area contributed by atoms with Gasteiger partial charge in [-0.15, -0.1) is 0 Å². The van der Waals surface area contributed by atoms with Crippen LogP contribution in [0.5, 0.6) is 5.75 Å². The highest BCUT2D eigenvalue weighted by Gasteiger charge is 2.27. The molecule has 0 spiro atoms. The van der Waals surface area contributed by atoms with E-state index >= 15 is 0 Å². The molecule has 1 aromatic rings. The molecule has 1 aliphatic carbocycles. The first-order valence-corrected chi connectivity index (χ1v) is 6.39. The topological polar surface area (TPSA) is 78.3 Å². The third kappa shape index (κ3) is 2.64. The standard InChI is InChI=1S/C14H20N2O2/c1-9-7-11(5-6-12(9)14(16)17)18-13-4-2-3-10(13)8-15/h5-7,10,13H,2-4,8,15H2,1H3,(H2,16,17). The normalized spacial score (nSPS) is 23.0. The van der Waals surface area contributed by atoms with E-state index in [-0.39, 0.29) is 6.10 Å². The lowest BCUT2D eigenvalue weighted by Crippen LogP contribution is -2.27. The molecule has 4 nitrogen and oxygen atoms in total. The van der Waals surface area contributed by atoms with E-state index in [9.17, 15) is 4.79 Å². The number of carbonyl (C=O) groups excluding carboxylic acids is 1. The van der Waals surface area contributed by atoms with Crippen molar-refractivity contribution < 1.29 is 9.53 Å². The number of aryl methyl sites for hydroxylation is 1. The lowest BCUT2D eigenvalue weighted by atomic mass is 10.1. The van der Waals surface area contributed by atoms with Crippen LogP contribution in [0.3, 0.4) is 0 Å². The van der Waals surface area contributed by atoms with Crippen molar-refractivity contribution in [2.45, 2.75) is 32.3 Å². The maximum atomic E-state index is 11.1. The highest BCUT2D eigenvalue weighted by Crippen LogP contribution is 2.29. The number of hydrogen-bond donors (Lipinski definition) is 2. The maximum absolute atomic E-state index is 11.1. The molecule has 0 radical (unpaired) electrons. The molecule has 2 atom stereocenters. The molecule has 1 amide bonds. The lowest BCUT2D eigenvalue weighted by Gasteiger charge is -2.20. The van der Waals surface area contributed by atoms with E-state index in [0.29, 0.717) is 18.0 Å². The molecular weight excluding hydrogens is 228 g/mol. The molecule has 0 saturated heterocycles. The highest BCUT2D eigenvalue weighted by molar-refractivity contribution is 5.94. The number of carbonyl (C=O) groups is 1. The molecule has 0 aromatic heterocycles. The molecule has 18 heavy (non-hydrogen) atoms. The van der Waals surface area contributed by atoms with Gasteiger partial charge in [-0.25, -0.2) is 0 Å². The molecule has 1 aromatic carbocycles. The van der Waals surface area contributed by atoms with Crippen molar-refractivity contribution in [2.75, 3.05) is 6.54 Å². The predicted molar refractivity (Wildman–Crippen MR) is 70.5 cm³/mol. The van der Waals surface area contributed by atoms with Gasteiger partial charge in [-0.2, -0.15) is 0 Å². The van der Waals surface area contributed by atoms with E-state index in [1.807, 2.05) is 13.0 Å².